The van der Waals surface area contributed by atoms with Gasteiger partial charge in [-0.25, -0.2) is 4.79 Å². The Morgan fingerprint density at radius 2 is 1.87 bits per heavy atom. The topological polar surface area (TPSA) is 44.8 Å². The van der Waals surface area contributed by atoms with Crippen LogP contribution in [0.5, 0.6) is 17.2 Å². The summed E-state index contributed by atoms with van der Waals surface area (Å²) >= 11 is 0. The molecular weight excluding hydrogens is 292 g/mol. The zero-order valence-electron chi connectivity index (χ0n) is 13.3. The first-order valence-corrected chi connectivity index (χ1v) is 7.87. The molecule has 2 atom stereocenters. The van der Waals surface area contributed by atoms with E-state index >= 15 is 0 Å². The van der Waals surface area contributed by atoms with Crippen molar-refractivity contribution in [3.63, 3.8) is 0 Å². The number of esters is 1. The van der Waals surface area contributed by atoms with Gasteiger partial charge in [-0.1, -0.05) is 38.1 Å². The van der Waals surface area contributed by atoms with Crippen LogP contribution >= 0.6 is 0 Å². The minimum Gasteiger partial charge on any atom is -0.485 e. The molecule has 0 fully saturated rings. The molecule has 0 aliphatic carbocycles. The predicted octanol–water partition coefficient (Wildman–Crippen LogP) is 3.95. The second-order valence-electron chi connectivity index (χ2n) is 5.66. The number of rotatable bonds is 4. The molecule has 0 bridgehead atoms. The van der Waals surface area contributed by atoms with Crippen LogP contribution in [0.1, 0.15) is 31.7 Å². The molecule has 4 heteroatoms. The molecule has 1 aliphatic heterocycles. The Kier molecular flexibility index (Phi) is 4.51. The van der Waals surface area contributed by atoms with Crippen molar-refractivity contribution in [1.82, 2.24) is 0 Å². The van der Waals surface area contributed by atoms with Crippen LogP contribution in [0.15, 0.2) is 48.5 Å². The summed E-state index contributed by atoms with van der Waals surface area (Å²) in [5.74, 6) is 1.77. The van der Waals surface area contributed by atoms with Gasteiger partial charge in [-0.2, -0.15) is 0 Å². The Morgan fingerprint density at radius 3 is 2.57 bits per heavy atom. The summed E-state index contributed by atoms with van der Waals surface area (Å²) < 4.78 is 16.6. The Balaban J connectivity index is 1.64. The normalized spacial score (nSPS) is 17.4. The lowest BCUT2D eigenvalue weighted by Crippen LogP contribution is -2.39. The molecule has 0 N–H and O–H groups in total. The summed E-state index contributed by atoms with van der Waals surface area (Å²) in [5, 5.41) is 0. The Morgan fingerprint density at radius 1 is 1.17 bits per heavy atom. The number of carbonyl (C=O) groups is 1. The highest BCUT2D eigenvalue weighted by molar-refractivity contribution is 5.78. The lowest BCUT2D eigenvalue weighted by Gasteiger charge is -2.24. The standard InChI is InChI=1S/C19H20O4/c1-3-13(2)14-8-10-15(11-9-14)22-19(20)18-12-21-16-6-4-5-7-17(16)23-18/h4-11,13,18H,3,12H2,1-2H3/t13-,18-/m0/s1. The Bertz CT molecular complexity index is 678. The average molecular weight is 312 g/mol. The molecule has 2 aromatic rings. The van der Waals surface area contributed by atoms with Crippen LogP contribution in [0.2, 0.25) is 0 Å². The molecule has 120 valence electrons. The number of ether oxygens (including phenoxy) is 3. The summed E-state index contributed by atoms with van der Waals surface area (Å²) in [6.07, 6.45) is 0.324. The van der Waals surface area contributed by atoms with E-state index in [2.05, 4.69) is 13.8 Å². The van der Waals surface area contributed by atoms with Crippen molar-refractivity contribution in [1.29, 1.82) is 0 Å². The second-order valence-corrected chi connectivity index (χ2v) is 5.66. The van der Waals surface area contributed by atoms with E-state index in [4.69, 9.17) is 14.2 Å². The van der Waals surface area contributed by atoms with Gasteiger partial charge in [0.15, 0.2) is 11.5 Å². The lowest BCUT2D eigenvalue weighted by atomic mass is 9.99. The average Bonchev–Trinajstić information content (AvgIpc) is 2.61. The van der Waals surface area contributed by atoms with Gasteiger partial charge in [0.25, 0.3) is 0 Å². The van der Waals surface area contributed by atoms with Gasteiger partial charge >= 0.3 is 5.97 Å². The molecule has 0 saturated heterocycles. The van der Waals surface area contributed by atoms with Crippen molar-refractivity contribution >= 4 is 5.97 Å². The number of para-hydroxylation sites is 2. The number of fused-ring (bicyclic) bond motifs is 1. The fourth-order valence-corrected chi connectivity index (χ4v) is 2.42. The highest BCUT2D eigenvalue weighted by atomic mass is 16.6. The molecule has 4 nitrogen and oxygen atoms in total. The summed E-state index contributed by atoms with van der Waals surface area (Å²) in [6, 6.07) is 14.9. The summed E-state index contributed by atoms with van der Waals surface area (Å²) in [4.78, 5) is 12.2. The van der Waals surface area contributed by atoms with E-state index in [0.29, 0.717) is 23.2 Å². The Hall–Kier alpha value is -2.49. The number of hydrogen-bond acceptors (Lipinski definition) is 4. The van der Waals surface area contributed by atoms with Crippen molar-refractivity contribution < 1.29 is 19.0 Å². The maximum absolute atomic E-state index is 12.2. The van der Waals surface area contributed by atoms with E-state index in [1.807, 2.05) is 42.5 Å². The largest absolute Gasteiger partial charge is 0.485 e. The van der Waals surface area contributed by atoms with E-state index in [0.717, 1.165) is 6.42 Å². The van der Waals surface area contributed by atoms with Crippen LogP contribution in [0, 0.1) is 0 Å². The second kappa shape index (κ2) is 6.73. The number of carbonyl (C=O) groups excluding carboxylic acids is 1. The van der Waals surface area contributed by atoms with Crippen molar-refractivity contribution in [3.8, 4) is 17.2 Å². The van der Waals surface area contributed by atoms with Crippen molar-refractivity contribution in [2.45, 2.75) is 32.3 Å². The van der Waals surface area contributed by atoms with Crippen LogP contribution in [-0.4, -0.2) is 18.7 Å². The van der Waals surface area contributed by atoms with Gasteiger partial charge in [-0.05, 0) is 42.2 Å². The first kappa shape index (κ1) is 15.4. The molecule has 0 unspecified atom stereocenters. The SMILES string of the molecule is CC[C@H](C)c1ccc(OC(=O)[C@@H]2COc3ccccc3O2)cc1. The number of benzene rings is 2. The molecule has 3 rings (SSSR count). The van der Waals surface area contributed by atoms with Crippen molar-refractivity contribution in [2.75, 3.05) is 6.61 Å². The molecule has 0 saturated carbocycles. The van der Waals surface area contributed by atoms with Crippen LogP contribution in [-0.2, 0) is 4.79 Å². The minimum atomic E-state index is -0.751. The first-order valence-electron chi connectivity index (χ1n) is 7.87. The van der Waals surface area contributed by atoms with Gasteiger partial charge in [0.05, 0.1) is 0 Å². The Labute approximate surface area is 136 Å². The van der Waals surface area contributed by atoms with Crippen LogP contribution in [0.3, 0.4) is 0 Å². The zero-order chi connectivity index (χ0) is 16.2. The van der Waals surface area contributed by atoms with Crippen molar-refractivity contribution in [2.24, 2.45) is 0 Å². The van der Waals surface area contributed by atoms with Gasteiger partial charge in [0.2, 0.25) is 6.10 Å². The first-order chi connectivity index (χ1) is 11.2. The molecule has 0 radical (unpaired) electrons. The fraction of sp³-hybridized carbons (Fsp3) is 0.316. The van der Waals surface area contributed by atoms with Gasteiger partial charge in [0, 0.05) is 0 Å². The zero-order valence-corrected chi connectivity index (χ0v) is 13.3. The highest BCUT2D eigenvalue weighted by Gasteiger charge is 2.29. The summed E-state index contributed by atoms with van der Waals surface area (Å²) in [6.45, 7) is 4.48. The van der Waals surface area contributed by atoms with E-state index in [-0.39, 0.29) is 6.61 Å². The third kappa shape index (κ3) is 3.47. The molecule has 0 aromatic heterocycles. The van der Waals surface area contributed by atoms with E-state index in [9.17, 15) is 4.79 Å². The molecule has 1 aliphatic rings. The fourth-order valence-electron chi connectivity index (χ4n) is 2.42. The third-order valence-electron chi connectivity index (χ3n) is 4.05. The van der Waals surface area contributed by atoms with Crippen molar-refractivity contribution in [3.05, 3.63) is 54.1 Å². The van der Waals surface area contributed by atoms with E-state index in [1.54, 1.807) is 6.07 Å². The summed E-state index contributed by atoms with van der Waals surface area (Å²) in [5.41, 5.74) is 1.23. The number of hydrogen-bond donors (Lipinski definition) is 0. The maximum Gasteiger partial charge on any atom is 0.356 e. The van der Waals surface area contributed by atoms with Crippen LogP contribution in [0.25, 0.3) is 0 Å². The quantitative estimate of drug-likeness (QED) is 0.633. The molecule has 0 spiro atoms. The molecule has 2 aromatic carbocycles. The third-order valence-corrected chi connectivity index (χ3v) is 4.05. The molecule has 23 heavy (non-hydrogen) atoms. The van der Waals surface area contributed by atoms with Crippen LogP contribution < -0.4 is 14.2 Å². The van der Waals surface area contributed by atoms with E-state index in [1.165, 1.54) is 5.56 Å². The predicted molar refractivity (Wildman–Crippen MR) is 87.1 cm³/mol. The smallest absolute Gasteiger partial charge is 0.356 e. The molecule has 1 heterocycles. The van der Waals surface area contributed by atoms with Gasteiger partial charge in [0.1, 0.15) is 12.4 Å². The van der Waals surface area contributed by atoms with Gasteiger partial charge < -0.3 is 14.2 Å². The van der Waals surface area contributed by atoms with E-state index < -0.39 is 12.1 Å². The maximum atomic E-state index is 12.2. The van der Waals surface area contributed by atoms with Crippen LogP contribution in [0.4, 0.5) is 0 Å². The van der Waals surface area contributed by atoms with Gasteiger partial charge in [-0.3, -0.25) is 0 Å². The highest BCUT2D eigenvalue weighted by Crippen LogP contribution is 2.31. The summed E-state index contributed by atoms with van der Waals surface area (Å²) in [7, 11) is 0. The molecular formula is C19H20O4. The monoisotopic (exact) mass is 312 g/mol. The lowest BCUT2D eigenvalue weighted by molar-refractivity contribution is -0.144. The minimum absolute atomic E-state index is 0.154. The van der Waals surface area contributed by atoms with Gasteiger partial charge in [-0.15, -0.1) is 0 Å². The molecule has 0 amide bonds.